The van der Waals surface area contributed by atoms with E-state index in [1.54, 1.807) is 44.1 Å². The number of nitrogens with two attached hydrogens (primary N) is 1. The third kappa shape index (κ3) is 5.22. The van der Waals surface area contributed by atoms with Gasteiger partial charge in [0.25, 0.3) is 5.91 Å². The maximum atomic E-state index is 12.0. The molecule has 0 unspecified atom stereocenters. The van der Waals surface area contributed by atoms with E-state index >= 15 is 0 Å². The Balaban J connectivity index is 2.85. The number of carbonyl (C=O) groups is 2. The third-order valence-corrected chi connectivity index (χ3v) is 3.82. The maximum absolute atomic E-state index is 12.0. The van der Waals surface area contributed by atoms with Crippen LogP contribution in [0.3, 0.4) is 0 Å². The quantitative estimate of drug-likeness (QED) is 0.837. The Morgan fingerprint density at radius 3 is 2.67 bits per heavy atom. The predicted molar refractivity (Wildman–Crippen MR) is 89.1 cm³/mol. The Labute approximate surface area is 134 Å². The van der Waals surface area contributed by atoms with E-state index in [0.717, 1.165) is 5.75 Å². The van der Waals surface area contributed by atoms with Crippen molar-refractivity contribution in [1.82, 2.24) is 4.90 Å². The van der Waals surface area contributed by atoms with Crippen LogP contribution in [0.5, 0.6) is 0 Å². The van der Waals surface area contributed by atoms with Gasteiger partial charge in [0.1, 0.15) is 0 Å². The molecule has 0 heterocycles. The van der Waals surface area contributed by atoms with Gasteiger partial charge in [-0.25, -0.2) is 0 Å². The van der Waals surface area contributed by atoms with E-state index in [9.17, 15) is 9.59 Å². The Bertz CT molecular complexity index is 523. The van der Waals surface area contributed by atoms with E-state index in [-0.39, 0.29) is 11.8 Å². The van der Waals surface area contributed by atoms with Gasteiger partial charge in [0.05, 0.1) is 16.8 Å². The lowest BCUT2D eigenvalue weighted by molar-refractivity contribution is -0.117. The van der Waals surface area contributed by atoms with Crippen LogP contribution in [0, 0.1) is 0 Å². The summed E-state index contributed by atoms with van der Waals surface area (Å²) >= 11 is 7.68. The molecule has 2 amide bonds. The Kier molecular flexibility index (Phi) is 7.01. The molecule has 5 nitrogen and oxygen atoms in total. The number of nitrogens with one attached hydrogen (secondary N) is 1. The summed E-state index contributed by atoms with van der Waals surface area (Å²) < 4.78 is 0. The third-order valence-electron chi connectivity index (χ3n) is 2.85. The Morgan fingerprint density at radius 1 is 1.43 bits per heavy atom. The van der Waals surface area contributed by atoms with Gasteiger partial charge >= 0.3 is 0 Å². The molecule has 7 heteroatoms. The lowest BCUT2D eigenvalue weighted by Crippen LogP contribution is -2.36. The summed E-state index contributed by atoms with van der Waals surface area (Å²) in [5, 5.41) is 3.05. The molecular formula is C14H20ClN3O2S. The predicted octanol–water partition coefficient (Wildman–Crippen LogP) is 2.06. The summed E-state index contributed by atoms with van der Waals surface area (Å²) in [5.74, 6) is 0.343. The number of benzene rings is 1. The van der Waals surface area contributed by atoms with Gasteiger partial charge in [-0.2, -0.15) is 11.8 Å². The first-order valence-corrected chi connectivity index (χ1v) is 8.20. The number of amides is 2. The molecule has 116 valence electrons. The summed E-state index contributed by atoms with van der Waals surface area (Å²) in [7, 11) is 3.32. The molecule has 0 radical (unpaired) electrons. The fourth-order valence-corrected chi connectivity index (χ4v) is 2.27. The fraction of sp³-hybridized carbons (Fsp3) is 0.429. The van der Waals surface area contributed by atoms with Gasteiger partial charge in [-0.3, -0.25) is 9.59 Å². The molecule has 1 rings (SSSR count). The van der Waals surface area contributed by atoms with Crippen molar-refractivity contribution in [3.05, 3.63) is 28.8 Å². The molecule has 1 atom stereocenters. The molecule has 0 spiro atoms. The molecule has 0 aromatic heterocycles. The first-order valence-electron chi connectivity index (χ1n) is 6.43. The standard InChI is InChI=1S/C14H20ClN3O2S/c1-18(2)14(20)9-4-5-10(15)12(8-9)17-13(19)11(16)6-7-21-3/h4-5,8,11H,6-7,16H2,1-3H3,(H,17,19)/t11-/m1/s1. The van der Waals surface area contributed by atoms with Gasteiger partial charge in [-0.05, 0) is 36.6 Å². The van der Waals surface area contributed by atoms with Crippen LogP contribution < -0.4 is 11.1 Å². The highest BCUT2D eigenvalue weighted by molar-refractivity contribution is 7.98. The second-order valence-corrected chi connectivity index (χ2v) is 6.16. The number of thioether (sulfide) groups is 1. The van der Waals surface area contributed by atoms with Crippen molar-refractivity contribution < 1.29 is 9.59 Å². The fourth-order valence-electron chi connectivity index (χ4n) is 1.61. The molecule has 3 N–H and O–H groups in total. The monoisotopic (exact) mass is 329 g/mol. The average Bonchev–Trinajstić information content (AvgIpc) is 2.45. The number of nitrogens with zero attached hydrogens (tertiary/aromatic N) is 1. The van der Waals surface area contributed by atoms with E-state index in [1.807, 2.05) is 6.26 Å². The maximum Gasteiger partial charge on any atom is 0.253 e. The minimum absolute atomic E-state index is 0.158. The van der Waals surface area contributed by atoms with Crippen molar-refractivity contribution in [2.75, 3.05) is 31.4 Å². The number of anilines is 1. The van der Waals surface area contributed by atoms with Crippen LogP contribution in [-0.2, 0) is 4.79 Å². The zero-order valence-corrected chi connectivity index (χ0v) is 13.9. The van der Waals surface area contributed by atoms with Crippen molar-refractivity contribution >= 4 is 40.9 Å². The van der Waals surface area contributed by atoms with Gasteiger partial charge in [-0.15, -0.1) is 0 Å². The van der Waals surface area contributed by atoms with E-state index in [4.69, 9.17) is 17.3 Å². The molecule has 0 aliphatic rings. The van der Waals surface area contributed by atoms with Crippen molar-refractivity contribution in [2.24, 2.45) is 5.73 Å². The van der Waals surface area contributed by atoms with Crippen LogP contribution in [0.4, 0.5) is 5.69 Å². The minimum Gasteiger partial charge on any atom is -0.345 e. The van der Waals surface area contributed by atoms with E-state index in [2.05, 4.69) is 5.32 Å². The van der Waals surface area contributed by atoms with Gasteiger partial charge in [-0.1, -0.05) is 11.6 Å². The lowest BCUT2D eigenvalue weighted by Gasteiger charge is -2.15. The summed E-state index contributed by atoms with van der Waals surface area (Å²) in [5.41, 5.74) is 6.66. The van der Waals surface area contributed by atoms with Crippen LogP contribution in [0.1, 0.15) is 16.8 Å². The van der Waals surface area contributed by atoms with Crippen molar-refractivity contribution in [3.8, 4) is 0 Å². The van der Waals surface area contributed by atoms with Crippen molar-refractivity contribution in [3.63, 3.8) is 0 Å². The number of hydrogen-bond donors (Lipinski definition) is 2. The zero-order chi connectivity index (χ0) is 16.0. The number of rotatable bonds is 6. The molecule has 21 heavy (non-hydrogen) atoms. The van der Waals surface area contributed by atoms with Gasteiger partial charge in [0.15, 0.2) is 0 Å². The summed E-state index contributed by atoms with van der Waals surface area (Å²) in [6.07, 6.45) is 2.54. The highest BCUT2D eigenvalue weighted by Gasteiger charge is 2.16. The Morgan fingerprint density at radius 2 is 2.10 bits per heavy atom. The molecular weight excluding hydrogens is 310 g/mol. The van der Waals surface area contributed by atoms with Crippen LogP contribution in [0.15, 0.2) is 18.2 Å². The first-order chi connectivity index (χ1) is 9.86. The molecule has 1 aromatic carbocycles. The Hall–Kier alpha value is -1.24. The minimum atomic E-state index is -0.596. The molecule has 0 saturated heterocycles. The topological polar surface area (TPSA) is 75.4 Å². The van der Waals surface area contributed by atoms with Gasteiger partial charge in [0, 0.05) is 19.7 Å². The molecule has 0 bridgehead atoms. The molecule has 0 fully saturated rings. The molecule has 0 aliphatic heterocycles. The van der Waals surface area contributed by atoms with E-state index < -0.39 is 6.04 Å². The largest absolute Gasteiger partial charge is 0.345 e. The van der Waals surface area contributed by atoms with Crippen LogP contribution in [0.25, 0.3) is 0 Å². The summed E-state index contributed by atoms with van der Waals surface area (Å²) in [4.78, 5) is 25.4. The normalized spacial score (nSPS) is 11.9. The summed E-state index contributed by atoms with van der Waals surface area (Å²) in [6, 6.07) is 4.17. The smallest absolute Gasteiger partial charge is 0.253 e. The number of halogens is 1. The molecule has 0 aliphatic carbocycles. The van der Waals surface area contributed by atoms with Crippen LogP contribution >= 0.6 is 23.4 Å². The first kappa shape index (κ1) is 17.8. The highest BCUT2D eigenvalue weighted by atomic mass is 35.5. The second-order valence-electron chi connectivity index (χ2n) is 4.77. The van der Waals surface area contributed by atoms with Crippen molar-refractivity contribution in [2.45, 2.75) is 12.5 Å². The average molecular weight is 330 g/mol. The SMILES string of the molecule is CSCC[C@@H](N)C(=O)Nc1cc(C(=O)N(C)C)ccc1Cl. The van der Waals surface area contributed by atoms with Crippen LogP contribution in [-0.4, -0.2) is 48.9 Å². The van der Waals surface area contributed by atoms with E-state index in [0.29, 0.717) is 22.7 Å². The van der Waals surface area contributed by atoms with Gasteiger partial charge < -0.3 is 16.0 Å². The highest BCUT2D eigenvalue weighted by Crippen LogP contribution is 2.24. The number of carbonyl (C=O) groups excluding carboxylic acids is 2. The number of hydrogen-bond acceptors (Lipinski definition) is 4. The van der Waals surface area contributed by atoms with Gasteiger partial charge in [0.2, 0.25) is 5.91 Å². The van der Waals surface area contributed by atoms with E-state index in [1.165, 1.54) is 4.90 Å². The zero-order valence-electron chi connectivity index (χ0n) is 12.4. The summed E-state index contributed by atoms with van der Waals surface area (Å²) in [6.45, 7) is 0. The molecule has 0 saturated carbocycles. The van der Waals surface area contributed by atoms with Crippen LogP contribution in [0.2, 0.25) is 5.02 Å². The molecule has 1 aromatic rings. The van der Waals surface area contributed by atoms with Crippen molar-refractivity contribution in [1.29, 1.82) is 0 Å². The lowest BCUT2D eigenvalue weighted by atomic mass is 10.1. The second kappa shape index (κ2) is 8.26.